The first-order valence-corrected chi connectivity index (χ1v) is 9.51. The van der Waals surface area contributed by atoms with Gasteiger partial charge in [0.25, 0.3) is 5.91 Å². The number of nitrogens with zero attached hydrogens (tertiary/aromatic N) is 1. The molecule has 1 amide bonds. The molecule has 0 spiro atoms. The van der Waals surface area contributed by atoms with Crippen LogP contribution in [0.2, 0.25) is 0 Å². The van der Waals surface area contributed by atoms with Crippen LogP contribution in [0.15, 0.2) is 46.5 Å². The van der Waals surface area contributed by atoms with Gasteiger partial charge < -0.3 is 10.1 Å². The average Bonchev–Trinajstić information content (AvgIpc) is 3.26. The third-order valence-electron chi connectivity index (χ3n) is 3.52. The van der Waals surface area contributed by atoms with Crippen LogP contribution in [0, 0.1) is 0 Å². The molecule has 3 rings (SSSR count). The summed E-state index contributed by atoms with van der Waals surface area (Å²) in [5.74, 6) is 0.645. The first-order chi connectivity index (χ1) is 11.7. The van der Waals surface area contributed by atoms with E-state index in [-0.39, 0.29) is 11.9 Å². The summed E-state index contributed by atoms with van der Waals surface area (Å²) in [6.45, 7) is 4.52. The van der Waals surface area contributed by atoms with Gasteiger partial charge in [0.15, 0.2) is 0 Å². The highest BCUT2D eigenvalue weighted by Crippen LogP contribution is 2.26. The summed E-state index contributed by atoms with van der Waals surface area (Å²) in [5, 5.41) is 9.69. The van der Waals surface area contributed by atoms with Gasteiger partial charge in [-0.05, 0) is 43.0 Å². The SMILES string of the molecule is CCOc1cccc(C(C)NC(=O)c2csc(-c3ccsc3)n2)c1. The predicted molar refractivity (Wildman–Crippen MR) is 98.9 cm³/mol. The molecule has 0 saturated carbocycles. The summed E-state index contributed by atoms with van der Waals surface area (Å²) in [6, 6.07) is 9.66. The van der Waals surface area contributed by atoms with Gasteiger partial charge in [-0.25, -0.2) is 4.98 Å². The first kappa shape index (κ1) is 16.7. The Kier molecular flexibility index (Phi) is 5.27. The molecule has 6 heteroatoms. The first-order valence-electron chi connectivity index (χ1n) is 7.69. The third-order valence-corrected chi connectivity index (χ3v) is 5.10. The molecule has 2 heterocycles. The van der Waals surface area contributed by atoms with Gasteiger partial charge >= 0.3 is 0 Å². The van der Waals surface area contributed by atoms with Crippen LogP contribution in [0.25, 0.3) is 10.6 Å². The van der Waals surface area contributed by atoms with E-state index in [4.69, 9.17) is 4.74 Å². The standard InChI is InChI=1S/C18H18N2O2S2/c1-3-22-15-6-4-5-13(9-15)12(2)19-17(21)16-11-24-18(20-16)14-7-8-23-10-14/h4-12H,3H2,1-2H3,(H,19,21). The molecule has 24 heavy (non-hydrogen) atoms. The average molecular weight is 358 g/mol. The van der Waals surface area contributed by atoms with Gasteiger partial charge in [-0.15, -0.1) is 11.3 Å². The van der Waals surface area contributed by atoms with Crippen LogP contribution in [-0.4, -0.2) is 17.5 Å². The minimum absolute atomic E-state index is 0.121. The fourth-order valence-electron chi connectivity index (χ4n) is 2.29. The fraction of sp³-hybridized carbons (Fsp3) is 0.222. The number of benzene rings is 1. The smallest absolute Gasteiger partial charge is 0.271 e. The van der Waals surface area contributed by atoms with Crippen molar-refractivity contribution in [1.29, 1.82) is 0 Å². The predicted octanol–water partition coefficient (Wildman–Crippen LogP) is 4.76. The Labute approximate surface area is 149 Å². The van der Waals surface area contributed by atoms with Crippen molar-refractivity contribution >= 4 is 28.6 Å². The fourth-order valence-corrected chi connectivity index (χ4v) is 3.80. The largest absolute Gasteiger partial charge is 0.494 e. The lowest BCUT2D eigenvalue weighted by Crippen LogP contribution is -2.26. The van der Waals surface area contributed by atoms with Crippen molar-refractivity contribution in [3.63, 3.8) is 0 Å². The van der Waals surface area contributed by atoms with Crippen molar-refractivity contribution in [1.82, 2.24) is 10.3 Å². The van der Waals surface area contributed by atoms with E-state index in [0.717, 1.165) is 21.9 Å². The van der Waals surface area contributed by atoms with Crippen LogP contribution in [0.3, 0.4) is 0 Å². The molecule has 3 aromatic rings. The number of thiophene rings is 1. The van der Waals surface area contributed by atoms with Gasteiger partial charge in [0.05, 0.1) is 12.6 Å². The summed E-state index contributed by atoms with van der Waals surface area (Å²) >= 11 is 3.10. The number of carbonyl (C=O) groups excluding carboxylic acids is 1. The van der Waals surface area contributed by atoms with Gasteiger partial charge in [0, 0.05) is 16.3 Å². The van der Waals surface area contributed by atoms with Crippen LogP contribution in [0.5, 0.6) is 5.75 Å². The molecular formula is C18H18N2O2S2. The zero-order valence-electron chi connectivity index (χ0n) is 13.5. The normalized spacial score (nSPS) is 11.9. The number of amides is 1. The Morgan fingerprint density at radius 2 is 2.21 bits per heavy atom. The maximum absolute atomic E-state index is 12.4. The monoisotopic (exact) mass is 358 g/mol. The van der Waals surface area contributed by atoms with E-state index in [9.17, 15) is 4.79 Å². The number of aromatic nitrogens is 1. The molecule has 1 atom stereocenters. The minimum atomic E-state index is -0.165. The Morgan fingerprint density at radius 1 is 1.33 bits per heavy atom. The highest BCUT2D eigenvalue weighted by Gasteiger charge is 2.15. The van der Waals surface area contributed by atoms with Gasteiger partial charge in [0.1, 0.15) is 16.5 Å². The summed E-state index contributed by atoms with van der Waals surface area (Å²) in [6.07, 6.45) is 0. The number of nitrogens with one attached hydrogen (secondary N) is 1. The van der Waals surface area contributed by atoms with Crippen LogP contribution in [0.4, 0.5) is 0 Å². The van der Waals surface area contributed by atoms with Gasteiger partial charge in [-0.1, -0.05) is 12.1 Å². The lowest BCUT2D eigenvalue weighted by atomic mass is 10.1. The number of ether oxygens (including phenoxy) is 1. The van der Waals surface area contributed by atoms with E-state index in [1.54, 1.807) is 16.7 Å². The van der Waals surface area contributed by atoms with Crippen molar-refractivity contribution in [2.45, 2.75) is 19.9 Å². The maximum Gasteiger partial charge on any atom is 0.271 e. The van der Waals surface area contributed by atoms with Crippen LogP contribution >= 0.6 is 22.7 Å². The molecule has 0 aliphatic heterocycles. The van der Waals surface area contributed by atoms with E-state index >= 15 is 0 Å². The van der Waals surface area contributed by atoms with Crippen molar-refractivity contribution < 1.29 is 9.53 Å². The molecule has 124 valence electrons. The summed E-state index contributed by atoms with van der Waals surface area (Å²) in [4.78, 5) is 16.9. The Hall–Kier alpha value is -2.18. The zero-order valence-corrected chi connectivity index (χ0v) is 15.1. The molecule has 0 saturated heterocycles. The zero-order chi connectivity index (χ0) is 16.9. The second kappa shape index (κ2) is 7.59. The topological polar surface area (TPSA) is 51.2 Å². The summed E-state index contributed by atoms with van der Waals surface area (Å²) < 4.78 is 5.51. The Morgan fingerprint density at radius 3 is 2.96 bits per heavy atom. The molecule has 0 aliphatic rings. The van der Waals surface area contributed by atoms with Crippen molar-refractivity contribution in [2.75, 3.05) is 6.61 Å². The van der Waals surface area contributed by atoms with Gasteiger partial charge in [0.2, 0.25) is 0 Å². The van der Waals surface area contributed by atoms with Crippen LogP contribution < -0.4 is 10.1 Å². The van der Waals surface area contributed by atoms with Gasteiger partial charge in [-0.2, -0.15) is 11.3 Å². The van der Waals surface area contributed by atoms with Crippen molar-refractivity contribution in [2.24, 2.45) is 0 Å². The summed E-state index contributed by atoms with van der Waals surface area (Å²) in [7, 11) is 0. The molecule has 0 radical (unpaired) electrons. The van der Waals surface area contributed by atoms with E-state index in [1.165, 1.54) is 11.3 Å². The van der Waals surface area contributed by atoms with Crippen molar-refractivity contribution in [3.8, 4) is 16.3 Å². The number of thiazole rings is 1. The molecular weight excluding hydrogens is 340 g/mol. The molecule has 2 aromatic heterocycles. The number of rotatable bonds is 6. The van der Waals surface area contributed by atoms with Crippen LogP contribution in [0.1, 0.15) is 35.9 Å². The van der Waals surface area contributed by atoms with E-state index in [1.807, 2.05) is 54.9 Å². The van der Waals surface area contributed by atoms with E-state index in [2.05, 4.69) is 10.3 Å². The van der Waals surface area contributed by atoms with Crippen molar-refractivity contribution in [3.05, 3.63) is 57.7 Å². The van der Waals surface area contributed by atoms with E-state index in [0.29, 0.717) is 12.3 Å². The number of hydrogen-bond donors (Lipinski definition) is 1. The molecule has 0 aliphatic carbocycles. The Bertz CT molecular complexity index is 812. The van der Waals surface area contributed by atoms with E-state index < -0.39 is 0 Å². The summed E-state index contributed by atoms with van der Waals surface area (Å²) in [5.41, 5.74) is 2.51. The quantitative estimate of drug-likeness (QED) is 0.691. The second-order valence-corrected chi connectivity index (χ2v) is 6.89. The maximum atomic E-state index is 12.4. The van der Waals surface area contributed by atoms with Gasteiger partial charge in [-0.3, -0.25) is 4.79 Å². The molecule has 0 fully saturated rings. The molecule has 0 bridgehead atoms. The highest BCUT2D eigenvalue weighted by atomic mass is 32.1. The molecule has 1 aromatic carbocycles. The lowest BCUT2D eigenvalue weighted by molar-refractivity contribution is 0.0935. The number of hydrogen-bond acceptors (Lipinski definition) is 5. The Balaban J connectivity index is 1.69. The minimum Gasteiger partial charge on any atom is -0.494 e. The van der Waals surface area contributed by atoms with Crippen LogP contribution in [-0.2, 0) is 0 Å². The highest BCUT2D eigenvalue weighted by molar-refractivity contribution is 7.14. The second-order valence-electron chi connectivity index (χ2n) is 5.25. The third kappa shape index (κ3) is 3.83. The molecule has 1 unspecified atom stereocenters. The molecule has 4 nitrogen and oxygen atoms in total. The molecule has 1 N–H and O–H groups in total. The lowest BCUT2D eigenvalue weighted by Gasteiger charge is -2.14. The number of carbonyl (C=O) groups is 1.